The Labute approximate surface area is 245 Å². The summed E-state index contributed by atoms with van der Waals surface area (Å²) in [4.78, 5) is 31.5. The Kier molecular flexibility index (Phi) is 9.08. The molecule has 0 aliphatic carbocycles. The number of ether oxygens (including phenoxy) is 4. The van der Waals surface area contributed by atoms with E-state index in [4.69, 9.17) is 18.9 Å². The molecule has 1 saturated heterocycles. The zero-order valence-electron chi connectivity index (χ0n) is 24.1. The third-order valence-corrected chi connectivity index (χ3v) is 6.98. The lowest BCUT2D eigenvalue weighted by Crippen LogP contribution is -2.41. The Bertz CT molecular complexity index is 1490. The van der Waals surface area contributed by atoms with Crippen LogP contribution in [0, 0.1) is 0 Å². The molecule has 5 rings (SSSR count). The third kappa shape index (κ3) is 6.26. The van der Waals surface area contributed by atoms with E-state index in [0.717, 1.165) is 11.1 Å². The molecule has 218 valence electrons. The molecule has 0 unspecified atom stereocenters. The highest BCUT2D eigenvalue weighted by Crippen LogP contribution is 2.43. The summed E-state index contributed by atoms with van der Waals surface area (Å²) in [7, 11) is 4.93. The van der Waals surface area contributed by atoms with Crippen molar-refractivity contribution in [2.24, 2.45) is 0 Å². The third-order valence-electron chi connectivity index (χ3n) is 6.98. The van der Waals surface area contributed by atoms with Gasteiger partial charge in [0.15, 0.2) is 22.9 Å². The van der Waals surface area contributed by atoms with Crippen LogP contribution >= 0.6 is 0 Å². The predicted octanol–water partition coefficient (Wildman–Crippen LogP) is 4.82. The molecule has 3 aromatic carbocycles. The van der Waals surface area contributed by atoms with Gasteiger partial charge in [-0.15, -0.1) is 0 Å². The van der Waals surface area contributed by atoms with Crippen molar-refractivity contribution in [3.63, 3.8) is 0 Å². The van der Waals surface area contributed by atoms with Gasteiger partial charge in [0.2, 0.25) is 0 Å². The van der Waals surface area contributed by atoms with Gasteiger partial charge in [0, 0.05) is 32.9 Å². The number of nitrogens with zero attached hydrogens (tertiary/aromatic N) is 3. The molecule has 0 saturated carbocycles. The molecule has 1 aromatic heterocycles. The van der Waals surface area contributed by atoms with Crippen LogP contribution in [-0.2, 0) is 18.0 Å². The van der Waals surface area contributed by atoms with Gasteiger partial charge in [-0.1, -0.05) is 60.7 Å². The predicted molar refractivity (Wildman–Crippen MR) is 159 cm³/mol. The summed E-state index contributed by atoms with van der Waals surface area (Å²) >= 11 is 0. The van der Waals surface area contributed by atoms with Crippen molar-refractivity contribution in [1.29, 1.82) is 0 Å². The Morgan fingerprint density at radius 2 is 1.29 bits per heavy atom. The first-order chi connectivity index (χ1) is 20.5. The molecule has 0 atom stereocenters. The van der Waals surface area contributed by atoms with E-state index in [1.807, 2.05) is 72.8 Å². The summed E-state index contributed by atoms with van der Waals surface area (Å²) in [6.07, 6.45) is 0. The zero-order valence-corrected chi connectivity index (χ0v) is 24.1. The van der Waals surface area contributed by atoms with Crippen LogP contribution in [0.3, 0.4) is 0 Å². The minimum Gasteiger partial charge on any atom is -0.497 e. The van der Waals surface area contributed by atoms with Gasteiger partial charge < -0.3 is 28.7 Å². The van der Waals surface area contributed by atoms with Gasteiger partial charge in [-0.05, 0) is 35.4 Å². The molecule has 0 radical (unpaired) electrons. The quantitative estimate of drug-likeness (QED) is 0.273. The van der Waals surface area contributed by atoms with Crippen LogP contribution in [0.1, 0.15) is 32.1 Å². The highest BCUT2D eigenvalue weighted by Gasteiger charge is 2.37. The van der Waals surface area contributed by atoms with E-state index < -0.39 is 0 Å². The van der Waals surface area contributed by atoms with Crippen LogP contribution in [0.15, 0.2) is 84.9 Å². The normalized spacial score (nSPS) is 13.0. The molecule has 1 aliphatic heterocycles. The Hall–Kier alpha value is -4.76. The molecule has 0 N–H and O–H groups in total. The highest BCUT2D eigenvalue weighted by atomic mass is 16.5. The van der Waals surface area contributed by atoms with Crippen molar-refractivity contribution in [3.8, 4) is 22.9 Å². The van der Waals surface area contributed by atoms with Gasteiger partial charge in [0.05, 0.1) is 20.3 Å². The van der Waals surface area contributed by atoms with Crippen LogP contribution in [0.25, 0.3) is 5.69 Å². The molecule has 42 heavy (non-hydrogen) atoms. The van der Waals surface area contributed by atoms with Crippen molar-refractivity contribution in [2.75, 3.05) is 47.5 Å². The van der Waals surface area contributed by atoms with E-state index in [9.17, 15) is 9.59 Å². The molecule has 1 fully saturated rings. The van der Waals surface area contributed by atoms with E-state index in [0.29, 0.717) is 37.7 Å². The number of methoxy groups -OCH3 is 1. The number of carbonyl (C=O) groups is 2. The van der Waals surface area contributed by atoms with Crippen molar-refractivity contribution in [2.45, 2.75) is 13.2 Å². The van der Waals surface area contributed by atoms with Crippen LogP contribution < -0.4 is 14.2 Å². The molecule has 1 aliphatic rings. The number of hydrogen-bond donors (Lipinski definition) is 0. The van der Waals surface area contributed by atoms with E-state index in [1.54, 1.807) is 42.8 Å². The van der Waals surface area contributed by atoms with Crippen molar-refractivity contribution in [1.82, 2.24) is 14.4 Å². The minimum atomic E-state index is -0.334. The molecule has 0 bridgehead atoms. The minimum absolute atomic E-state index is 0.175. The van der Waals surface area contributed by atoms with Gasteiger partial charge >= 0.3 is 0 Å². The molecule has 2 heterocycles. The molecule has 2 amide bonds. The molecular formula is C33H35N3O6. The van der Waals surface area contributed by atoms with E-state index in [1.165, 1.54) is 4.90 Å². The van der Waals surface area contributed by atoms with E-state index in [2.05, 4.69) is 0 Å². The molecule has 9 heteroatoms. The number of amides is 2. The van der Waals surface area contributed by atoms with Crippen molar-refractivity contribution in [3.05, 3.63) is 107 Å². The maximum absolute atomic E-state index is 14.3. The Balaban J connectivity index is 1.73. The maximum atomic E-state index is 14.3. The summed E-state index contributed by atoms with van der Waals surface area (Å²) < 4.78 is 25.4. The first-order valence-corrected chi connectivity index (χ1v) is 13.8. The second-order valence-electron chi connectivity index (χ2n) is 10.0. The van der Waals surface area contributed by atoms with Crippen LogP contribution in [0.4, 0.5) is 0 Å². The summed E-state index contributed by atoms with van der Waals surface area (Å²) in [6, 6.07) is 26.5. The first-order valence-electron chi connectivity index (χ1n) is 13.8. The number of aromatic nitrogens is 1. The van der Waals surface area contributed by atoms with Gasteiger partial charge in [-0.2, -0.15) is 0 Å². The topological polar surface area (TPSA) is 82.5 Å². The smallest absolute Gasteiger partial charge is 0.275 e. The molecule has 0 spiro atoms. The number of rotatable bonds is 10. The van der Waals surface area contributed by atoms with Gasteiger partial charge in [0.25, 0.3) is 11.8 Å². The second-order valence-corrected chi connectivity index (χ2v) is 10.0. The lowest BCUT2D eigenvalue weighted by Gasteiger charge is -2.27. The average molecular weight is 570 g/mol. The summed E-state index contributed by atoms with van der Waals surface area (Å²) in [6.45, 7) is 2.04. The van der Waals surface area contributed by atoms with Gasteiger partial charge in [-0.25, -0.2) is 0 Å². The standard InChI is InChI=1S/C33H35N3O6/c1-34(2)32(37)28-30(41-22-24-10-6-4-7-11-24)31(42-23-25-12-8-5-9-13-25)29(33(38)35-18-20-40-21-19-35)36(28)26-14-16-27(39-3)17-15-26/h4-17H,18-23H2,1-3H3. The number of hydrogen-bond acceptors (Lipinski definition) is 6. The van der Waals surface area contributed by atoms with Crippen LogP contribution in [-0.4, -0.2) is 73.7 Å². The van der Waals surface area contributed by atoms with Crippen molar-refractivity contribution < 1.29 is 28.5 Å². The van der Waals surface area contributed by atoms with Crippen LogP contribution in [0.5, 0.6) is 17.2 Å². The first kappa shape index (κ1) is 28.8. The molecular weight excluding hydrogens is 534 g/mol. The highest BCUT2D eigenvalue weighted by molar-refractivity contribution is 6.04. The van der Waals surface area contributed by atoms with E-state index in [-0.39, 0.29) is 47.9 Å². The lowest BCUT2D eigenvalue weighted by atomic mass is 10.2. The second kappa shape index (κ2) is 13.3. The molecule has 9 nitrogen and oxygen atoms in total. The van der Waals surface area contributed by atoms with E-state index >= 15 is 0 Å². The fourth-order valence-electron chi connectivity index (χ4n) is 4.76. The Morgan fingerprint density at radius 1 is 0.762 bits per heavy atom. The fourth-order valence-corrected chi connectivity index (χ4v) is 4.76. The Morgan fingerprint density at radius 3 is 1.79 bits per heavy atom. The summed E-state index contributed by atoms with van der Waals surface area (Å²) in [5.41, 5.74) is 2.82. The maximum Gasteiger partial charge on any atom is 0.275 e. The monoisotopic (exact) mass is 569 g/mol. The molecule has 4 aromatic rings. The number of benzene rings is 3. The van der Waals surface area contributed by atoms with Crippen LogP contribution in [0.2, 0.25) is 0 Å². The van der Waals surface area contributed by atoms with Gasteiger partial charge in [0.1, 0.15) is 19.0 Å². The fraction of sp³-hybridized carbons (Fsp3) is 0.273. The van der Waals surface area contributed by atoms with Crippen molar-refractivity contribution >= 4 is 11.8 Å². The zero-order chi connectivity index (χ0) is 29.5. The SMILES string of the molecule is COc1ccc(-n2c(C(=O)N(C)C)c(OCc3ccccc3)c(OCc3ccccc3)c2C(=O)N2CCOCC2)cc1. The average Bonchev–Trinajstić information content (AvgIpc) is 3.37. The number of morpholine rings is 1. The number of carbonyl (C=O) groups excluding carboxylic acids is 2. The van der Waals surface area contributed by atoms with Gasteiger partial charge in [-0.3, -0.25) is 14.2 Å². The largest absolute Gasteiger partial charge is 0.497 e. The summed E-state index contributed by atoms with van der Waals surface area (Å²) in [5, 5.41) is 0. The summed E-state index contributed by atoms with van der Waals surface area (Å²) in [5.74, 6) is 0.459. The lowest BCUT2D eigenvalue weighted by molar-refractivity contribution is 0.0294.